The van der Waals surface area contributed by atoms with Gasteiger partial charge >= 0.3 is 0 Å². The predicted octanol–water partition coefficient (Wildman–Crippen LogP) is 1.95. The summed E-state index contributed by atoms with van der Waals surface area (Å²) in [5.41, 5.74) is 0. The van der Waals surface area contributed by atoms with Gasteiger partial charge in [-0.1, -0.05) is 33.6 Å². The molecule has 0 aromatic rings. The molecule has 0 rings (SSSR count). The molecule has 0 saturated heterocycles. The van der Waals surface area contributed by atoms with Crippen LogP contribution in [0.3, 0.4) is 0 Å². The van der Waals surface area contributed by atoms with E-state index in [1.165, 1.54) is 12.8 Å². The topological polar surface area (TPSA) is 35.2 Å². The lowest BCUT2D eigenvalue weighted by atomic mass is 9.93. The van der Waals surface area contributed by atoms with E-state index >= 15 is 0 Å². The van der Waals surface area contributed by atoms with Crippen LogP contribution in [0.2, 0.25) is 0 Å². The van der Waals surface area contributed by atoms with Crippen molar-refractivity contribution in [3.63, 3.8) is 0 Å². The molecule has 0 aliphatic rings. The summed E-state index contributed by atoms with van der Waals surface area (Å²) in [6.45, 7) is 7.30. The Morgan fingerprint density at radius 3 is 2.30 bits per heavy atom. The van der Waals surface area contributed by atoms with Crippen molar-refractivity contribution in [2.75, 3.05) is 6.61 Å². The van der Waals surface area contributed by atoms with Gasteiger partial charge in [0, 0.05) is 0 Å². The molecule has 2 unspecified atom stereocenters. The van der Waals surface area contributed by atoms with Crippen LogP contribution in [0.25, 0.3) is 0 Å². The molecule has 10 heavy (non-hydrogen) atoms. The van der Waals surface area contributed by atoms with E-state index in [4.69, 9.17) is 5.90 Å². The smallest absolute Gasteiger partial charge is 0.0707 e. The first kappa shape index (κ1) is 9.92. The Morgan fingerprint density at radius 1 is 1.30 bits per heavy atom. The van der Waals surface area contributed by atoms with Crippen LogP contribution in [-0.2, 0) is 4.84 Å². The Bertz CT molecular complexity index is 65.7. The van der Waals surface area contributed by atoms with Gasteiger partial charge in [-0.05, 0) is 11.8 Å². The minimum atomic E-state index is 0.588. The van der Waals surface area contributed by atoms with Crippen LogP contribution in [-0.4, -0.2) is 6.61 Å². The van der Waals surface area contributed by atoms with Crippen LogP contribution >= 0.6 is 0 Å². The van der Waals surface area contributed by atoms with Gasteiger partial charge in [-0.25, -0.2) is 5.90 Å². The van der Waals surface area contributed by atoms with Crippen LogP contribution in [0.4, 0.5) is 0 Å². The van der Waals surface area contributed by atoms with Crippen LogP contribution < -0.4 is 5.90 Å². The van der Waals surface area contributed by atoms with Crippen molar-refractivity contribution in [2.24, 2.45) is 17.7 Å². The third-order valence-electron chi connectivity index (χ3n) is 2.07. The molecule has 0 aliphatic carbocycles. The normalized spacial score (nSPS) is 16.8. The fraction of sp³-hybridized carbons (Fsp3) is 1.00. The largest absolute Gasteiger partial charge is 0.304 e. The van der Waals surface area contributed by atoms with E-state index in [9.17, 15) is 0 Å². The van der Waals surface area contributed by atoms with Gasteiger partial charge in [-0.15, -0.1) is 0 Å². The van der Waals surface area contributed by atoms with Crippen molar-refractivity contribution in [3.8, 4) is 0 Å². The number of hydrogen-bond donors (Lipinski definition) is 1. The second-order valence-corrected chi connectivity index (χ2v) is 3.08. The van der Waals surface area contributed by atoms with Gasteiger partial charge in [0.1, 0.15) is 0 Å². The Kier molecular flexibility index (Phi) is 5.64. The molecule has 2 heteroatoms. The highest BCUT2D eigenvalue weighted by Gasteiger charge is 2.10. The van der Waals surface area contributed by atoms with E-state index in [0.29, 0.717) is 12.5 Å². The fourth-order valence-electron chi connectivity index (χ4n) is 1.06. The summed E-state index contributed by atoms with van der Waals surface area (Å²) in [7, 11) is 0. The van der Waals surface area contributed by atoms with Crippen LogP contribution in [0.1, 0.15) is 33.6 Å². The minimum absolute atomic E-state index is 0.588. The quantitative estimate of drug-likeness (QED) is 0.600. The number of nitrogens with two attached hydrogens (primary N) is 1. The SMILES string of the molecule is CCCC(C)C(C)CON. The highest BCUT2D eigenvalue weighted by molar-refractivity contribution is 4.59. The molecule has 0 aromatic carbocycles. The summed E-state index contributed by atoms with van der Waals surface area (Å²) < 4.78 is 0. The maximum atomic E-state index is 4.96. The van der Waals surface area contributed by atoms with Gasteiger partial charge in [-0.2, -0.15) is 0 Å². The monoisotopic (exact) mass is 145 g/mol. The van der Waals surface area contributed by atoms with Crippen LogP contribution in [0.15, 0.2) is 0 Å². The van der Waals surface area contributed by atoms with Crippen LogP contribution in [0, 0.1) is 11.8 Å². The van der Waals surface area contributed by atoms with E-state index in [2.05, 4.69) is 25.6 Å². The molecule has 0 bridgehead atoms. The molecular formula is C8H19NO. The standard InChI is InChI=1S/C8H19NO/c1-4-5-7(2)8(3)6-10-9/h7-8H,4-6,9H2,1-3H3. The summed E-state index contributed by atoms with van der Waals surface area (Å²) in [6.07, 6.45) is 2.51. The van der Waals surface area contributed by atoms with Crippen molar-refractivity contribution in [3.05, 3.63) is 0 Å². The first-order valence-electron chi connectivity index (χ1n) is 4.04. The maximum Gasteiger partial charge on any atom is 0.0707 e. The minimum Gasteiger partial charge on any atom is -0.304 e. The van der Waals surface area contributed by atoms with Gasteiger partial charge in [0.25, 0.3) is 0 Å². The van der Waals surface area contributed by atoms with Crippen molar-refractivity contribution in [1.29, 1.82) is 0 Å². The molecule has 0 aliphatic heterocycles. The van der Waals surface area contributed by atoms with Gasteiger partial charge in [0.05, 0.1) is 6.61 Å². The zero-order chi connectivity index (χ0) is 7.98. The molecule has 0 fully saturated rings. The van der Waals surface area contributed by atoms with E-state index in [1.807, 2.05) is 0 Å². The second kappa shape index (κ2) is 5.69. The van der Waals surface area contributed by atoms with E-state index in [0.717, 1.165) is 5.92 Å². The van der Waals surface area contributed by atoms with Gasteiger partial charge in [-0.3, -0.25) is 0 Å². The van der Waals surface area contributed by atoms with Gasteiger partial charge in [0.15, 0.2) is 0 Å². The molecule has 2 atom stereocenters. The van der Waals surface area contributed by atoms with Crippen LogP contribution in [0.5, 0.6) is 0 Å². The van der Waals surface area contributed by atoms with Gasteiger partial charge < -0.3 is 4.84 Å². The molecule has 0 saturated carbocycles. The summed E-state index contributed by atoms with van der Waals surface area (Å²) in [5, 5.41) is 0. The molecule has 0 radical (unpaired) electrons. The Labute approximate surface area is 63.7 Å². The Morgan fingerprint density at radius 2 is 1.90 bits per heavy atom. The van der Waals surface area contributed by atoms with E-state index < -0.39 is 0 Å². The molecule has 0 heterocycles. The summed E-state index contributed by atoms with van der Waals surface area (Å²) in [5.74, 6) is 6.28. The highest BCUT2D eigenvalue weighted by Crippen LogP contribution is 2.15. The lowest BCUT2D eigenvalue weighted by molar-refractivity contribution is 0.0862. The molecule has 0 spiro atoms. The third-order valence-corrected chi connectivity index (χ3v) is 2.07. The average molecular weight is 145 g/mol. The first-order valence-corrected chi connectivity index (χ1v) is 4.04. The Balaban J connectivity index is 3.38. The molecule has 0 amide bonds. The molecule has 2 nitrogen and oxygen atoms in total. The molecule has 62 valence electrons. The third kappa shape index (κ3) is 3.85. The zero-order valence-electron chi connectivity index (χ0n) is 7.26. The summed E-state index contributed by atoms with van der Waals surface area (Å²) in [4.78, 5) is 4.57. The number of rotatable bonds is 5. The van der Waals surface area contributed by atoms with Crippen molar-refractivity contribution in [2.45, 2.75) is 33.6 Å². The summed E-state index contributed by atoms with van der Waals surface area (Å²) in [6, 6.07) is 0. The highest BCUT2D eigenvalue weighted by atomic mass is 16.6. The van der Waals surface area contributed by atoms with Gasteiger partial charge in [0.2, 0.25) is 0 Å². The molecule has 2 N–H and O–H groups in total. The Hall–Kier alpha value is -0.0800. The second-order valence-electron chi connectivity index (χ2n) is 3.08. The molecule has 0 aromatic heterocycles. The zero-order valence-corrected chi connectivity index (χ0v) is 7.26. The fourth-order valence-corrected chi connectivity index (χ4v) is 1.06. The van der Waals surface area contributed by atoms with E-state index in [-0.39, 0.29) is 0 Å². The number of hydrogen-bond acceptors (Lipinski definition) is 2. The van der Waals surface area contributed by atoms with Crippen molar-refractivity contribution < 1.29 is 4.84 Å². The lowest BCUT2D eigenvalue weighted by Gasteiger charge is -2.17. The first-order chi connectivity index (χ1) is 4.72. The molecular weight excluding hydrogens is 126 g/mol. The maximum absolute atomic E-state index is 4.96. The average Bonchev–Trinajstić information content (AvgIpc) is 1.89. The predicted molar refractivity (Wildman–Crippen MR) is 43.4 cm³/mol. The summed E-state index contributed by atoms with van der Waals surface area (Å²) >= 11 is 0. The van der Waals surface area contributed by atoms with Crippen molar-refractivity contribution >= 4 is 0 Å². The lowest BCUT2D eigenvalue weighted by Crippen LogP contribution is -2.16. The van der Waals surface area contributed by atoms with E-state index in [1.54, 1.807) is 0 Å². The van der Waals surface area contributed by atoms with Crippen molar-refractivity contribution in [1.82, 2.24) is 0 Å².